The van der Waals surface area contributed by atoms with Gasteiger partial charge < -0.3 is 10.8 Å². The van der Waals surface area contributed by atoms with Crippen LogP contribution in [-0.4, -0.2) is 23.4 Å². The molecule has 0 unspecified atom stereocenters. The summed E-state index contributed by atoms with van der Waals surface area (Å²) < 4.78 is 0. The van der Waals surface area contributed by atoms with Gasteiger partial charge >= 0.3 is 5.97 Å². The molecule has 4 heteroatoms. The van der Waals surface area contributed by atoms with Gasteiger partial charge in [-0.3, -0.25) is 9.59 Å². The molecule has 0 heterocycles. The van der Waals surface area contributed by atoms with E-state index >= 15 is 0 Å². The van der Waals surface area contributed by atoms with Gasteiger partial charge in [0.1, 0.15) is 0 Å². The van der Waals surface area contributed by atoms with Gasteiger partial charge in [-0.15, -0.1) is 0 Å². The molecule has 24 heavy (non-hydrogen) atoms. The number of nitrogens with two attached hydrogens (primary N) is 1. The maximum absolute atomic E-state index is 12.6. The topological polar surface area (TPSA) is 80.4 Å². The molecule has 2 rings (SSSR count). The summed E-state index contributed by atoms with van der Waals surface area (Å²) in [5.74, 6) is 0.309. The van der Waals surface area contributed by atoms with Crippen LogP contribution in [0.25, 0.3) is 0 Å². The number of ketones is 1. The number of carbonyl (C=O) groups is 2. The van der Waals surface area contributed by atoms with Gasteiger partial charge in [-0.2, -0.15) is 0 Å². The minimum absolute atomic E-state index is 0.162. The van der Waals surface area contributed by atoms with E-state index in [4.69, 9.17) is 10.8 Å². The van der Waals surface area contributed by atoms with Crippen LogP contribution in [0.2, 0.25) is 0 Å². The first-order valence-corrected chi connectivity index (χ1v) is 9.15. The molecule has 0 radical (unpaired) electrons. The zero-order valence-electron chi connectivity index (χ0n) is 14.4. The third-order valence-electron chi connectivity index (χ3n) is 5.15. The van der Waals surface area contributed by atoms with Gasteiger partial charge in [0.25, 0.3) is 0 Å². The largest absolute Gasteiger partial charge is 0.481 e. The van der Waals surface area contributed by atoms with Gasteiger partial charge in [0.15, 0.2) is 5.78 Å². The van der Waals surface area contributed by atoms with Crippen LogP contribution in [0.1, 0.15) is 67.3 Å². The lowest BCUT2D eigenvalue weighted by Crippen LogP contribution is -2.25. The fraction of sp³-hybridized carbons (Fsp3) is 0.600. The van der Waals surface area contributed by atoms with E-state index in [1.165, 1.54) is 5.56 Å². The number of aliphatic carboxylic acids is 1. The summed E-state index contributed by atoms with van der Waals surface area (Å²) in [7, 11) is 0. The zero-order valence-corrected chi connectivity index (χ0v) is 14.4. The van der Waals surface area contributed by atoms with E-state index in [1.807, 2.05) is 24.3 Å². The van der Waals surface area contributed by atoms with E-state index in [9.17, 15) is 9.59 Å². The Hall–Kier alpha value is -1.68. The number of Topliss-reactive ketones (excluding diaryl/α,β-unsaturated/α-hetero) is 1. The predicted molar refractivity (Wildman–Crippen MR) is 95.1 cm³/mol. The van der Waals surface area contributed by atoms with E-state index < -0.39 is 5.97 Å². The highest BCUT2D eigenvalue weighted by Crippen LogP contribution is 2.30. The summed E-state index contributed by atoms with van der Waals surface area (Å²) in [5.41, 5.74) is 7.75. The number of unbranched alkanes of at least 4 members (excludes halogenated alkanes) is 2. The molecule has 0 bridgehead atoms. The quantitative estimate of drug-likeness (QED) is 0.532. The number of hydrogen-bond donors (Lipinski definition) is 2. The lowest BCUT2D eigenvalue weighted by atomic mass is 9.78. The molecule has 1 aliphatic carbocycles. The van der Waals surface area contributed by atoms with Crippen LogP contribution in [0.4, 0.5) is 0 Å². The molecule has 1 aliphatic rings. The highest BCUT2D eigenvalue weighted by atomic mass is 16.4. The number of benzene rings is 1. The zero-order chi connectivity index (χ0) is 17.4. The summed E-state index contributed by atoms with van der Waals surface area (Å²) in [5, 5.41) is 8.61. The molecule has 0 atom stereocenters. The van der Waals surface area contributed by atoms with Gasteiger partial charge in [0.05, 0.1) is 0 Å². The fourth-order valence-corrected chi connectivity index (χ4v) is 3.51. The smallest absolute Gasteiger partial charge is 0.303 e. The van der Waals surface area contributed by atoms with Gasteiger partial charge in [-0.1, -0.05) is 30.7 Å². The summed E-state index contributed by atoms with van der Waals surface area (Å²) in [4.78, 5) is 23.0. The molecule has 0 aliphatic heterocycles. The van der Waals surface area contributed by atoms with E-state index in [0.717, 1.165) is 63.5 Å². The maximum Gasteiger partial charge on any atom is 0.303 e. The van der Waals surface area contributed by atoms with Crippen LogP contribution in [0.3, 0.4) is 0 Å². The van der Waals surface area contributed by atoms with Crippen molar-refractivity contribution in [3.63, 3.8) is 0 Å². The Morgan fingerprint density at radius 2 is 1.67 bits per heavy atom. The standard InChI is InChI=1S/C20H29NO3/c21-14-16-8-12-18(13-9-16)20(24)17-10-6-15(7-11-17)4-2-1-3-5-19(22)23/h6-7,10-11,16,18H,1-5,8-9,12-14,21H2,(H,22,23). The monoisotopic (exact) mass is 331 g/mol. The summed E-state index contributed by atoms with van der Waals surface area (Å²) in [6.45, 7) is 0.738. The van der Waals surface area contributed by atoms with Crippen LogP contribution >= 0.6 is 0 Å². The number of carboxylic acids is 1. The van der Waals surface area contributed by atoms with Crippen molar-refractivity contribution in [1.29, 1.82) is 0 Å². The minimum atomic E-state index is -0.724. The van der Waals surface area contributed by atoms with Crippen molar-refractivity contribution in [1.82, 2.24) is 0 Å². The third-order valence-corrected chi connectivity index (χ3v) is 5.15. The average Bonchev–Trinajstić information content (AvgIpc) is 2.61. The van der Waals surface area contributed by atoms with E-state index in [0.29, 0.717) is 5.92 Å². The lowest BCUT2D eigenvalue weighted by molar-refractivity contribution is -0.137. The number of aryl methyl sites for hydroxylation is 1. The molecule has 132 valence electrons. The Bertz CT molecular complexity index is 530. The minimum Gasteiger partial charge on any atom is -0.481 e. The second-order valence-electron chi connectivity index (χ2n) is 6.97. The van der Waals surface area contributed by atoms with Crippen molar-refractivity contribution >= 4 is 11.8 Å². The number of carboxylic acid groups (broad SMARTS) is 1. The summed E-state index contributed by atoms with van der Waals surface area (Å²) in [6, 6.07) is 7.97. The molecule has 0 aromatic heterocycles. The molecule has 0 amide bonds. The highest BCUT2D eigenvalue weighted by molar-refractivity contribution is 5.97. The second-order valence-corrected chi connectivity index (χ2v) is 6.97. The van der Waals surface area contributed by atoms with Crippen LogP contribution < -0.4 is 5.73 Å². The fourth-order valence-electron chi connectivity index (χ4n) is 3.51. The van der Waals surface area contributed by atoms with Crippen molar-refractivity contribution in [3.05, 3.63) is 35.4 Å². The molecular formula is C20H29NO3. The van der Waals surface area contributed by atoms with Gasteiger partial charge in [0, 0.05) is 17.9 Å². The van der Waals surface area contributed by atoms with Crippen LogP contribution in [-0.2, 0) is 11.2 Å². The lowest BCUT2D eigenvalue weighted by Gasteiger charge is -2.26. The maximum atomic E-state index is 12.6. The summed E-state index contributed by atoms with van der Waals surface area (Å²) >= 11 is 0. The first-order chi connectivity index (χ1) is 11.6. The molecule has 3 N–H and O–H groups in total. The van der Waals surface area contributed by atoms with Crippen molar-refractivity contribution in [2.45, 2.75) is 57.8 Å². The molecule has 1 aromatic rings. The Morgan fingerprint density at radius 3 is 2.25 bits per heavy atom. The predicted octanol–water partition coefficient (Wildman–Crippen LogP) is 3.82. The normalized spacial score (nSPS) is 20.7. The first-order valence-electron chi connectivity index (χ1n) is 9.15. The molecular weight excluding hydrogens is 302 g/mol. The number of rotatable bonds is 9. The van der Waals surface area contributed by atoms with Crippen molar-refractivity contribution < 1.29 is 14.7 Å². The molecule has 1 saturated carbocycles. The molecule has 1 aromatic carbocycles. The Labute approximate surface area is 144 Å². The molecule has 0 spiro atoms. The van der Waals surface area contributed by atoms with E-state index in [-0.39, 0.29) is 18.1 Å². The Morgan fingerprint density at radius 1 is 1.00 bits per heavy atom. The first kappa shape index (κ1) is 18.7. The van der Waals surface area contributed by atoms with Gasteiger partial charge in [0.2, 0.25) is 0 Å². The van der Waals surface area contributed by atoms with Crippen molar-refractivity contribution in [2.24, 2.45) is 17.6 Å². The van der Waals surface area contributed by atoms with Crippen LogP contribution in [0, 0.1) is 11.8 Å². The number of hydrogen-bond acceptors (Lipinski definition) is 3. The molecule has 1 fully saturated rings. The van der Waals surface area contributed by atoms with Gasteiger partial charge in [-0.05, 0) is 63.0 Å². The van der Waals surface area contributed by atoms with E-state index in [1.54, 1.807) is 0 Å². The summed E-state index contributed by atoms with van der Waals surface area (Å²) in [6.07, 6.45) is 7.91. The second kappa shape index (κ2) is 9.58. The van der Waals surface area contributed by atoms with Crippen LogP contribution in [0.5, 0.6) is 0 Å². The van der Waals surface area contributed by atoms with Gasteiger partial charge in [-0.25, -0.2) is 0 Å². The van der Waals surface area contributed by atoms with Crippen molar-refractivity contribution in [2.75, 3.05) is 6.54 Å². The average molecular weight is 331 g/mol. The Kier molecular flexibility index (Phi) is 7.44. The van der Waals surface area contributed by atoms with E-state index in [2.05, 4.69) is 0 Å². The molecule has 0 saturated heterocycles. The number of carbonyl (C=O) groups excluding carboxylic acids is 1. The van der Waals surface area contributed by atoms with Crippen LogP contribution in [0.15, 0.2) is 24.3 Å². The third kappa shape index (κ3) is 5.75. The molecule has 4 nitrogen and oxygen atoms in total. The SMILES string of the molecule is NCC1CCC(C(=O)c2ccc(CCCCCC(=O)O)cc2)CC1. The van der Waals surface area contributed by atoms with Crippen molar-refractivity contribution in [3.8, 4) is 0 Å². The highest BCUT2D eigenvalue weighted by Gasteiger charge is 2.26. The Balaban J connectivity index is 1.77.